The SMILES string of the molecule is C=Cc1ccc(-c2nc(C)nn2-c2[c-]ccc(-n3c(C)c(C)c(C)c3C)c2)c(C)c1.Cc1nc(-c2ccccc2C)n(-c2[c-]ccc(-n3c(C)c(C)c(C)c3C)c2)n1.[Ir]. The zero-order chi connectivity index (χ0) is 41.6. The summed E-state index contributed by atoms with van der Waals surface area (Å²) >= 11 is 0. The summed E-state index contributed by atoms with van der Waals surface area (Å²) in [5.74, 6) is 3.15. The Morgan fingerprint density at radius 3 is 1.34 bits per heavy atom. The molecular weight excluding hydrogens is 905 g/mol. The predicted octanol–water partition coefficient (Wildman–Crippen LogP) is 11.4. The molecule has 0 aliphatic carbocycles. The fraction of sp³-hybridized carbons (Fsp3) is 0.240. The van der Waals surface area contributed by atoms with Crippen LogP contribution in [0.15, 0.2) is 85.4 Å². The first-order valence-corrected chi connectivity index (χ1v) is 19.7. The van der Waals surface area contributed by atoms with E-state index in [1.807, 2.05) is 53.6 Å². The van der Waals surface area contributed by atoms with Gasteiger partial charge in [-0.1, -0.05) is 66.5 Å². The third-order valence-corrected chi connectivity index (χ3v) is 11.7. The van der Waals surface area contributed by atoms with Gasteiger partial charge in [-0.2, -0.15) is 34.5 Å². The normalized spacial score (nSPS) is 11.0. The predicted molar refractivity (Wildman–Crippen MR) is 237 cm³/mol. The van der Waals surface area contributed by atoms with Crippen LogP contribution in [-0.2, 0) is 20.1 Å². The number of nitrogens with zero attached hydrogens (tertiary/aromatic N) is 8. The summed E-state index contributed by atoms with van der Waals surface area (Å²) in [6.07, 6.45) is 1.86. The second kappa shape index (κ2) is 17.1. The zero-order valence-electron chi connectivity index (χ0n) is 36.2. The van der Waals surface area contributed by atoms with E-state index in [1.54, 1.807) is 0 Å². The molecule has 0 unspecified atom stereocenters. The van der Waals surface area contributed by atoms with Crippen molar-refractivity contribution in [3.8, 4) is 45.5 Å². The van der Waals surface area contributed by atoms with E-state index in [1.165, 1.54) is 50.6 Å². The topological polar surface area (TPSA) is 71.3 Å². The molecule has 0 fully saturated rings. The van der Waals surface area contributed by atoms with Gasteiger partial charge in [0.1, 0.15) is 11.6 Å². The minimum atomic E-state index is 0. The van der Waals surface area contributed by atoms with E-state index in [2.05, 4.69) is 162 Å². The van der Waals surface area contributed by atoms with Crippen LogP contribution < -0.4 is 0 Å². The number of aryl methyl sites for hydroxylation is 4. The van der Waals surface area contributed by atoms with Crippen LogP contribution in [0, 0.1) is 95.2 Å². The zero-order valence-corrected chi connectivity index (χ0v) is 38.6. The van der Waals surface area contributed by atoms with E-state index in [4.69, 9.17) is 9.97 Å². The maximum absolute atomic E-state index is 4.73. The molecule has 8 rings (SSSR count). The van der Waals surface area contributed by atoms with Crippen molar-refractivity contribution in [1.29, 1.82) is 0 Å². The molecule has 4 heterocycles. The Labute approximate surface area is 362 Å². The molecule has 303 valence electrons. The second-order valence-corrected chi connectivity index (χ2v) is 15.3. The van der Waals surface area contributed by atoms with Gasteiger partial charge in [-0.25, -0.2) is 19.3 Å². The molecule has 8 aromatic rings. The van der Waals surface area contributed by atoms with Crippen molar-refractivity contribution in [1.82, 2.24) is 38.7 Å². The van der Waals surface area contributed by atoms with Crippen LogP contribution >= 0.6 is 0 Å². The van der Waals surface area contributed by atoms with Gasteiger partial charge in [-0.05, 0) is 133 Å². The summed E-state index contributed by atoms with van der Waals surface area (Å²) < 4.78 is 8.40. The molecule has 9 heteroatoms. The molecule has 0 saturated heterocycles. The van der Waals surface area contributed by atoms with E-state index >= 15 is 0 Å². The van der Waals surface area contributed by atoms with Crippen LogP contribution in [-0.4, -0.2) is 38.7 Å². The van der Waals surface area contributed by atoms with Crippen LogP contribution in [0.25, 0.3) is 51.6 Å². The summed E-state index contributed by atoms with van der Waals surface area (Å²) in [5, 5.41) is 9.35. The van der Waals surface area contributed by atoms with E-state index in [9.17, 15) is 0 Å². The molecule has 0 N–H and O–H groups in total. The van der Waals surface area contributed by atoms with Crippen LogP contribution in [0.3, 0.4) is 0 Å². The molecule has 0 spiro atoms. The first kappa shape index (κ1) is 42.7. The monoisotopic (exact) mass is 957 g/mol. The van der Waals surface area contributed by atoms with Crippen LogP contribution in [0.5, 0.6) is 0 Å². The maximum Gasteiger partial charge on any atom is 0.161 e. The van der Waals surface area contributed by atoms with Gasteiger partial charge in [0.05, 0.1) is 0 Å². The average molecular weight is 957 g/mol. The smallest absolute Gasteiger partial charge is 0.161 e. The number of aromatic nitrogens is 8. The third-order valence-electron chi connectivity index (χ3n) is 11.7. The van der Waals surface area contributed by atoms with Crippen molar-refractivity contribution in [2.45, 2.75) is 83.1 Å². The standard InChI is InChI=1S/C26H27N4.C24H25N4.Ir/c1-8-22-12-13-25(16(2)14-22)26-27-21(7)28-30(26)24-11-9-10-23(15-24)29-19(5)17(3)18(4)20(29)6;1-15-10-7-8-13-23(15)24-25-20(6)26-28(24)22-12-9-11-21(14-22)27-18(4)16(2)17(3)19(27)5;/h8-10,12-15H,1H2,2-7H3;7-11,13-14H,1-6H3;/q2*-1;. The van der Waals surface area contributed by atoms with Crippen molar-refractivity contribution in [3.63, 3.8) is 0 Å². The summed E-state index contributed by atoms with van der Waals surface area (Å²) in [6, 6.07) is 33.6. The van der Waals surface area contributed by atoms with E-state index in [-0.39, 0.29) is 20.1 Å². The van der Waals surface area contributed by atoms with Crippen molar-refractivity contribution in [3.05, 3.63) is 171 Å². The molecule has 0 bridgehead atoms. The quantitative estimate of drug-likeness (QED) is 0.149. The maximum atomic E-state index is 4.73. The summed E-state index contributed by atoms with van der Waals surface area (Å²) in [6.45, 7) is 29.3. The minimum absolute atomic E-state index is 0. The number of hydrogen-bond donors (Lipinski definition) is 0. The number of hydrogen-bond acceptors (Lipinski definition) is 4. The molecular formula is C50H52IrN8-2. The van der Waals surface area contributed by atoms with Gasteiger partial charge in [0.15, 0.2) is 11.6 Å². The second-order valence-electron chi connectivity index (χ2n) is 15.3. The van der Waals surface area contributed by atoms with Crippen molar-refractivity contribution >= 4 is 6.08 Å². The molecule has 0 aliphatic heterocycles. The van der Waals surface area contributed by atoms with Crippen molar-refractivity contribution in [2.24, 2.45) is 0 Å². The van der Waals surface area contributed by atoms with Gasteiger partial charge in [0.25, 0.3) is 0 Å². The van der Waals surface area contributed by atoms with E-state index < -0.39 is 0 Å². The van der Waals surface area contributed by atoms with Gasteiger partial charge in [0.2, 0.25) is 0 Å². The average Bonchev–Trinajstić information content (AvgIpc) is 3.91. The Morgan fingerprint density at radius 2 is 0.932 bits per heavy atom. The molecule has 0 amide bonds. The Morgan fingerprint density at radius 1 is 0.508 bits per heavy atom. The summed E-state index contributed by atoms with van der Waals surface area (Å²) in [5.41, 5.74) is 19.9. The summed E-state index contributed by atoms with van der Waals surface area (Å²) in [7, 11) is 0. The minimum Gasteiger partial charge on any atom is -0.341 e. The van der Waals surface area contributed by atoms with Crippen LogP contribution in [0.4, 0.5) is 0 Å². The molecule has 8 nitrogen and oxygen atoms in total. The number of benzene rings is 4. The molecule has 0 aliphatic rings. The molecule has 1 radical (unpaired) electrons. The molecule has 0 saturated carbocycles. The first-order valence-electron chi connectivity index (χ1n) is 19.7. The molecule has 0 atom stereocenters. The fourth-order valence-electron chi connectivity index (χ4n) is 7.84. The summed E-state index contributed by atoms with van der Waals surface area (Å²) in [4.78, 5) is 9.43. The van der Waals surface area contributed by atoms with Crippen molar-refractivity contribution < 1.29 is 20.1 Å². The molecule has 59 heavy (non-hydrogen) atoms. The van der Waals surface area contributed by atoms with Crippen LogP contribution in [0.2, 0.25) is 0 Å². The molecule has 4 aromatic heterocycles. The van der Waals surface area contributed by atoms with Gasteiger partial charge < -0.3 is 9.13 Å². The van der Waals surface area contributed by atoms with E-state index in [0.717, 1.165) is 68.3 Å². The van der Waals surface area contributed by atoms with E-state index in [0.29, 0.717) is 0 Å². The van der Waals surface area contributed by atoms with Gasteiger partial charge in [-0.3, -0.25) is 0 Å². The van der Waals surface area contributed by atoms with Crippen molar-refractivity contribution in [2.75, 3.05) is 0 Å². The Bertz CT molecular complexity index is 2790. The van der Waals surface area contributed by atoms with Crippen LogP contribution in [0.1, 0.15) is 73.4 Å². The largest absolute Gasteiger partial charge is 0.341 e. The Kier molecular flexibility index (Phi) is 12.4. The first-order chi connectivity index (χ1) is 27.7. The Hall–Kier alpha value is -5.89. The fourth-order valence-corrected chi connectivity index (χ4v) is 7.84. The Balaban J connectivity index is 0.000000195. The van der Waals surface area contributed by atoms with Gasteiger partial charge in [-0.15, -0.1) is 24.3 Å². The molecule has 4 aromatic carbocycles. The number of rotatable bonds is 7. The van der Waals surface area contributed by atoms with Gasteiger partial charge >= 0.3 is 0 Å². The van der Waals surface area contributed by atoms with Gasteiger partial charge in [0, 0.05) is 54.0 Å². The third kappa shape index (κ3) is 7.97.